The molecule has 0 unspecified atom stereocenters. The Morgan fingerprint density at radius 3 is 0.947 bits per heavy atom. The largest absolute Gasteiger partial charge is 1.00 e. The Kier molecular flexibility index (Phi) is 37.2. The van der Waals surface area contributed by atoms with Crippen LogP contribution in [0.5, 0.6) is 0 Å². The number of rotatable bonds is 6. The van der Waals surface area contributed by atoms with Crippen LogP contribution in [0.4, 0.5) is 0 Å². The molecular weight excluding hydrogens is 310 g/mol. The number of hydrogen-bond acceptors (Lipinski definition) is 6. The number of aliphatic carboxylic acids is 2. The fourth-order valence-corrected chi connectivity index (χ4v) is 0.556. The van der Waals surface area contributed by atoms with E-state index in [1.165, 1.54) is 13.8 Å². The van der Waals surface area contributed by atoms with Crippen LogP contribution in [0.2, 0.25) is 0 Å². The molecule has 0 bridgehead atoms. The molecule has 0 rings (SSSR count). The summed E-state index contributed by atoms with van der Waals surface area (Å²) in [6, 6.07) is 0. The molecule has 2 N–H and O–H groups in total. The van der Waals surface area contributed by atoms with E-state index in [9.17, 15) is 29.4 Å². The van der Waals surface area contributed by atoms with Gasteiger partial charge in [0.25, 0.3) is 0 Å². The molecule has 0 radical (unpaired) electrons. The van der Waals surface area contributed by atoms with E-state index in [1.54, 1.807) is 0 Å². The Morgan fingerprint density at radius 2 is 0.895 bits per heavy atom. The van der Waals surface area contributed by atoms with Gasteiger partial charge < -0.3 is 34.9 Å². The molecule has 0 heterocycles. The van der Waals surface area contributed by atoms with Crippen molar-refractivity contribution in [1.29, 1.82) is 0 Å². The SMILES string of the molecule is CC(=O)CCC(=O)[O-].CC(=O)CCC(=O)[O-].O.[K+].[K+]. The minimum atomic E-state index is -1.17. The molecule has 0 saturated heterocycles. The van der Waals surface area contributed by atoms with Crippen molar-refractivity contribution < 1.29 is 138 Å². The van der Waals surface area contributed by atoms with Crippen LogP contribution in [0.3, 0.4) is 0 Å². The molecule has 0 amide bonds. The van der Waals surface area contributed by atoms with Crippen molar-refractivity contribution in [3.8, 4) is 0 Å². The maximum absolute atomic E-state index is 10.1. The van der Waals surface area contributed by atoms with Gasteiger partial charge in [0.15, 0.2) is 0 Å². The maximum atomic E-state index is 10.1. The van der Waals surface area contributed by atoms with Crippen molar-refractivity contribution in [2.75, 3.05) is 0 Å². The molecule has 0 aromatic heterocycles. The van der Waals surface area contributed by atoms with Crippen LogP contribution in [0.1, 0.15) is 39.5 Å². The summed E-state index contributed by atoms with van der Waals surface area (Å²) in [4.78, 5) is 39.4. The van der Waals surface area contributed by atoms with Crippen LogP contribution in [-0.4, -0.2) is 29.0 Å². The molecule has 7 nitrogen and oxygen atoms in total. The van der Waals surface area contributed by atoms with E-state index in [-0.39, 0.29) is 145 Å². The van der Waals surface area contributed by atoms with Gasteiger partial charge in [-0.05, 0) is 26.7 Å². The second-order valence-electron chi connectivity index (χ2n) is 3.15. The quantitative estimate of drug-likeness (QED) is 0.443. The predicted molar refractivity (Wildman–Crippen MR) is 53.5 cm³/mol. The molecule has 0 aromatic carbocycles. The first kappa shape index (κ1) is 32.5. The summed E-state index contributed by atoms with van der Waals surface area (Å²) >= 11 is 0. The zero-order valence-electron chi connectivity index (χ0n) is 11.8. The van der Waals surface area contributed by atoms with Crippen molar-refractivity contribution in [3.63, 3.8) is 0 Å². The first-order valence-corrected chi connectivity index (χ1v) is 4.64. The number of carboxylic acids is 2. The third kappa shape index (κ3) is 45.2. The first-order valence-electron chi connectivity index (χ1n) is 4.64. The number of ketones is 2. The Balaban J connectivity index is -0.0000000594. The van der Waals surface area contributed by atoms with E-state index in [0.717, 1.165) is 0 Å². The third-order valence-electron chi connectivity index (χ3n) is 1.36. The van der Waals surface area contributed by atoms with E-state index in [0.29, 0.717) is 0 Å². The van der Waals surface area contributed by atoms with Gasteiger partial charge in [0.2, 0.25) is 0 Å². The van der Waals surface area contributed by atoms with Crippen LogP contribution in [-0.2, 0) is 19.2 Å². The van der Waals surface area contributed by atoms with Gasteiger partial charge in [0.1, 0.15) is 11.6 Å². The zero-order valence-corrected chi connectivity index (χ0v) is 18.0. The molecule has 0 aliphatic rings. The van der Waals surface area contributed by atoms with Gasteiger partial charge in [0.05, 0.1) is 0 Å². The molecule has 9 heteroatoms. The molecule has 19 heavy (non-hydrogen) atoms. The van der Waals surface area contributed by atoms with Crippen molar-refractivity contribution in [1.82, 2.24) is 0 Å². The van der Waals surface area contributed by atoms with E-state index < -0.39 is 11.9 Å². The van der Waals surface area contributed by atoms with Gasteiger partial charge in [-0.1, -0.05) is 0 Å². The molecule has 0 aromatic rings. The number of carbonyl (C=O) groups is 4. The summed E-state index contributed by atoms with van der Waals surface area (Å²) < 4.78 is 0. The van der Waals surface area contributed by atoms with Crippen LogP contribution in [0.25, 0.3) is 0 Å². The van der Waals surface area contributed by atoms with Crippen LogP contribution >= 0.6 is 0 Å². The number of Topliss-reactive ketones (excluding diaryl/α,β-unsaturated/α-hetero) is 2. The minimum absolute atomic E-state index is 0. The summed E-state index contributed by atoms with van der Waals surface area (Å²) in [5.74, 6) is -2.57. The Hall–Kier alpha value is 1.51. The molecule has 0 atom stereocenters. The van der Waals surface area contributed by atoms with E-state index in [1.807, 2.05) is 0 Å². The zero-order chi connectivity index (χ0) is 13.1. The third-order valence-corrected chi connectivity index (χ3v) is 1.36. The molecule has 0 fully saturated rings. The summed E-state index contributed by atoms with van der Waals surface area (Å²) in [7, 11) is 0. The normalized spacial score (nSPS) is 7.26. The monoisotopic (exact) mass is 326 g/mol. The Labute approximate surface area is 197 Å². The fraction of sp³-hybridized carbons (Fsp3) is 0.600. The van der Waals surface area contributed by atoms with Crippen molar-refractivity contribution in [2.24, 2.45) is 0 Å². The van der Waals surface area contributed by atoms with Gasteiger partial charge in [-0.2, -0.15) is 0 Å². The summed E-state index contributed by atoms with van der Waals surface area (Å²) in [6.07, 6.45) is -0.144. The maximum Gasteiger partial charge on any atom is 1.00 e. The molecular formula is C10H16K2O7. The van der Waals surface area contributed by atoms with E-state index >= 15 is 0 Å². The second-order valence-corrected chi connectivity index (χ2v) is 3.15. The summed E-state index contributed by atoms with van der Waals surface area (Å²) in [6.45, 7) is 2.70. The average molecular weight is 326 g/mol. The molecule has 0 saturated carbocycles. The fourth-order valence-electron chi connectivity index (χ4n) is 0.556. The average Bonchev–Trinajstić information content (AvgIpc) is 2.12. The summed E-state index contributed by atoms with van der Waals surface area (Å²) in [5.41, 5.74) is 0. The van der Waals surface area contributed by atoms with Crippen LogP contribution in [0.15, 0.2) is 0 Å². The van der Waals surface area contributed by atoms with Gasteiger partial charge in [0, 0.05) is 24.8 Å². The van der Waals surface area contributed by atoms with E-state index in [2.05, 4.69) is 0 Å². The van der Waals surface area contributed by atoms with Crippen molar-refractivity contribution in [3.05, 3.63) is 0 Å². The van der Waals surface area contributed by atoms with Gasteiger partial charge >= 0.3 is 103 Å². The van der Waals surface area contributed by atoms with Crippen molar-refractivity contribution >= 4 is 23.5 Å². The molecule has 0 aliphatic heterocycles. The van der Waals surface area contributed by atoms with Crippen LogP contribution < -0.4 is 113 Å². The van der Waals surface area contributed by atoms with Crippen LogP contribution in [0, 0.1) is 0 Å². The number of hydrogen-bond donors (Lipinski definition) is 0. The number of carboxylic acid groups (broad SMARTS) is 2. The van der Waals surface area contributed by atoms with Crippen molar-refractivity contribution in [2.45, 2.75) is 39.5 Å². The Bertz CT molecular complexity index is 223. The van der Waals surface area contributed by atoms with Gasteiger partial charge in [-0.3, -0.25) is 0 Å². The number of carbonyl (C=O) groups excluding carboxylic acids is 4. The Morgan fingerprint density at radius 1 is 0.684 bits per heavy atom. The predicted octanol–water partition coefficient (Wildman–Crippen LogP) is -8.61. The van der Waals surface area contributed by atoms with Gasteiger partial charge in [-0.15, -0.1) is 0 Å². The second kappa shape index (κ2) is 21.8. The molecule has 0 spiro atoms. The van der Waals surface area contributed by atoms with Gasteiger partial charge in [-0.25, -0.2) is 0 Å². The molecule has 0 aliphatic carbocycles. The van der Waals surface area contributed by atoms with E-state index in [4.69, 9.17) is 0 Å². The standard InChI is InChI=1S/2C5H8O3.2K.H2O/c2*1-4(6)2-3-5(7)8;;;/h2*2-3H2,1H3,(H,7,8);;;1H2/q;;2*+1;/p-2. The first-order chi connectivity index (χ1) is 7.25. The topological polar surface area (TPSA) is 146 Å². The summed E-state index contributed by atoms with van der Waals surface area (Å²) in [5, 5.41) is 19.3. The minimum Gasteiger partial charge on any atom is -0.550 e. The smallest absolute Gasteiger partial charge is 0.550 e. The molecule has 100 valence electrons.